The highest BCUT2D eigenvalue weighted by Gasteiger charge is 2.59. The number of fused-ring (bicyclic) bond motifs is 2. The van der Waals surface area contributed by atoms with Crippen LogP contribution in [0.4, 0.5) is 0 Å². The van der Waals surface area contributed by atoms with Crippen molar-refractivity contribution in [2.75, 3.05) is 7.11 Å². The molecule has 0 radical (unpaired) electrons. The Kier molecular flexibility index (Phi) is 3.85. The summed E-state index contributed by atoms with van der Waals surface area (Å²) in [7, 11) is 1.41. The quantitative estimate of drug-likeness (QED) is 0.721. The predicted octanol–water partition coefficient (Wildman–Crippen LogP) is 0.632. The first-order valence-electron chi connectivity index (χ1n) is 8.06. The van der Waals surface area contributed by atoms with E-state index in [1.165, 1.54) is 19.2 Å². The molecule has 1 aromatic rings. The molecule has 4 atom stereocenters. The number of imide groups is 1. The van der Waals surface area contributed by atoms with E-state index < -0.39 is 48.2 Å². The summed E-state index contributed by atoms with van der Waals surface area (Å²) in [5.74, 6) is -3.28. The van der Waals surface area contributed by atoms with Gasteiger partial charge in [-0.15, -0.1) is 0 Å². The highest BCUT2D eigenvalue weighted by Crippen LogP contribution is 2.39. The predicted molar refractivity (Wildman–Crippen MR) is 82.5 cm³/mol. The van der Waals surface area contributed by atoms with Crippen molar-refractivity contribution in [3.8, 4) is 0 Å². The number of hydrogen-bond donors (Lipinski definition) is 0. The molecule has 0 spiro atoms. The second kappa shape index (κ2) is 5.85. The van der Waals surface area contributed by atoms with Gasteiger partial charge in [-0.1, -0.05) is 17.2 Å². The third-order valence-electron chi connectivity index (χ3n) is 4.41. The Morgan fingerprint density at radius 2 is 1.65 bits per heavy atom. The van der Waals surface area contributed by atoms with Crippen LogP contribution in [0.3, 0.4) is 0 Å². The van der Waals surface area contributed by atoms with Crippen molar-refractivity contribution < 1.29 is 38.2 Å². The van der Waals surface area contributed by atoms with Gasteiger partial charge in [-0.3, -0.25) is 9.59 Å². The molecular weight excluding hydrogens is 346 g/mol. The SMILES string of the molecule is CO[C@H]1OC(C(=O)ON2C(=O)c3ccccc3C2=O)[C@@H]2OC(C)(C)O[C@H]12. The fourth-order valence-electron chi connectivity index (χ4n) is 3.33. The van der Waals surface area contributed by atoms with Gasteiger partial charge < -0.3 is 23.8 Å². The third-order valence-corrected chi connectivity index (χ3v) is 4.41. The molecule has 0 saturated carbocycles. The molecule has 9 nitrogen and oxygen atoms in total. The normalized spacial score (nSPS) is 31.9. The van der Waals surface area contributed by atoms with Crippen LogP contribution in [0.1, 0.15) is 34.6 Å². The number of hydrogen-bond acceptors (Lipinski definition) is 8. The molecule has 4 rings (SSSR count). The lowest BCUT2D eigenvalue weighted by atomic mass is 10.1. The fraction of sp³-hybridized carbons (Fsp3) is 0.471. The van der Waals surface area contributed by atoms with Gasteiger partial charge in [0.15, 0.2) is 18.2 Å². The second-order valence-electron chi connectivity index (χ2n) is 6.59. The maximum absolute atomic E-state index is 12.6. The summed E-state index contributed by atoms with van der Waals surface area (Å²) in [4.78, 5) is 42.3. The molecule has 0 aromatic heterocycles. The highest BCUT2D eigenvalue weighted by molar-refractivity contribution is 6.20. The van der Waals surface area contributed by atoms with Crippen LogP contribution in [0.2, 0.25) is 0 Å². The molecule has 0 aliphatic carbocycles. The van der Waals surface area contributed by atoms with E-state index in [1.807, 2.05) is 0 Å². The molecule has 2 amide bonds. The van der Waals surface area contributed by atoms with E-state index in [1.54, 1.807) is 26.0 Å². The Labute approximate surface area is 148 Å². The van der Waals surface area contributed by atoms with Gasteiger partial charge in [0.1, 0.15) is 12.2 Å². The number of nitrogens with zero attached hydrogens (tertiary/aromatic N) is 1. The van der Waals surface area contributed by atoms with Crippen LogP contribution in [0.15, 0.2) is 24.3 Å². The summed E-state index contributed by atoms with van der Waals surface area (Å²) in [6.45, 7) is 3.40. The molecule has 138 valence electrons. The van der Waals surface area contributed by atoms with Gasteiger partial charge in [0.25, 0.3) is 11.8 Å². The Bertz CT molecular complexity index is 756. The maximum Gasteiger partial charge on any atom is 0.364 e. The van der Waals surface area contributed by atoms with Crippen LogP contribution in [0.5, 0.6) is 0 Å². The first kappa shape index (κ1) is 17.1. The topological polar surface area (TPSA) is 101 Å². The number of amides is 2. The van der Waals surface area contributed by atoms with E-state index in [-0.39, 0.29) is 11.1 Å². The average molecular weight is 363 g/mol. The van der Waals surface area contributed by atoms with Crippen molar-refractivity contribution >= 4 is 17.8 Å². The Morgan fingerprint density at radius 1 is 1.08 bits per heavy atom. The molecule has 26 heavy (non-hydrogen) atoms. The van der Waals surface area contributed by atoms with E-state index in [2.05, 4.69) is 0 Å². The van der Waals surface area contributed by atoms with E-state index in [4.69, 9.17) is 23.8 Å². The Hall–Kier alpha value is -2.33. The molecule has 2 saturated heterocycles. The highest BCUT2D eigenvalue weighted by atomic mass is 16.8. The van der Waals surface area contributed by atoms with Crippen LogP contribution in [-0.4, -0.2) is 60.3 Å². The van der Waals surface area contributed by atoms with Crippen molar-refractivity contribution in [2.45, 2.75) is 44.2 Å². The first-order chi connectivity index (χ1) is 12.3. The van der Waals surface area contributed by atoms with Gasteiger partial charge >= 0.3 is 5.97 Å². The van der Waals surface area contributed by atoms with E-state index >= 15 is 0 Å². The molecular formula is C17H17NO8. The summed E-state index contributed by atoms with van der Waals surface area (Å²) < 4.78 is 22.1. The third kappa shape index (κ3) is 2.52. The number of carbonyl (C=O) groups excluding carboxylic acids is 3. The Morgan fingerprint density at radius 3 is 2.23 bits per heavy atom. The molecule has 2 fully saturated rings. The molecule has 1 unspecified atom stereocenters. The first-order valence-corrected chi connectivity index (χ1v) is 8.06. The molecule has 0 N–H and O–H groups in total. The minimum atomic E-state index is -1.20. The van der Waals surface area contributed by atoms with Crippen molar-refractivity contribution in [3.63, 3.8) is 0 Å². The van der Waals surface area contributed by atoms with Crippen LogP contribution >= 0.6 is 0 Å². The molecule has 1 aromatic carbocycles. The molecule has 0 bridgehead atoms. The Balaban J connectivity index is 1.53. The molecule has 3 aliphatic rings. The van der Waals surface area contributed by atoms with Crippen LogP contribution < -0.4 is 0 Å². The monoisotopic (exact) mass is 363 g/mol. The molecule has 3 heterocycles. The van der Waals surface area contributed by atoms with E-state index in [0.29, 0.717) is 5.06 Å². The average Bonchev–Trinajstić information content (AvgIpc) is 3.18. The largest absolute Gasteiger partial charge is 0.364 e. The zero-order valence-corrected chi connectivity index (χ0v) is 14.3. The van der Waals surface area contributed by atoms with Crippen molar-refractivity contribution in [3.05, 3.63) is 35.4 Å². The number of methoxy groups -OCH3 is 1. The lowest BCUT2D eigenvalue weighted by molar-refractivity contribution is -0.235. The van der Waals surface area contributed by atoms with Crippen LogP contribution in [0, 0.1) is 0 Å². The number of benzene rings is 1. The van der Waals surface area contributed by atoms with Crippen molar-refractivity contribution in [1.29, 1.82) is 0 Å². The van der Waals surface area contributed by atoms with E-state index in [0.717, 1.165) is 0 Å². The summed E-state index contributed by atoms with van der Waals surface area (Å²) in [5, 5.41) is 0.437. The summed E-state index contributed by atoms with van der Waals surface area (Å²) >= 11 is 0. The lowest BCUT2D eigenvalue weighted by Gasteiger charge is -2.23. The smallest absolute Gasteiger partial charge is 0.353 e. The molecule has 3 aliphatic heterocycles. The van der Waals surface area contributed by atoms with Gasteiger partial charge in [0.05, 0.1) is 11.1 Å². The fourth-order valence-corrected chi connectivity index (χ4v) is 3.33. The summed E-state index contributed by atoms with van der Waals surface area (Å²) in [5.41, 5.74) is 0.346. The lowest BCUT2D eigenvalue weighted by Crippen LogP contribution is -2.42. The minimum absolute atomic E-state index is 0.173. The van der Waals surface area contributed by atoms with Crippen LogP contribution in [-0.2, 0) is 28.6 Å². The van der Waals surface area contributed by atoms with Crippen LogP contribution in [0.25, 0.3) is 0 Å². The van der Waals surface area contributed by atoms with Gasteiger partial charge in [0, 0.05) is 7.11 Å². The van der Waals surface area contributed by atoms with Gasteiger partial charge in [-0.05, 0) is 26.0 Å². The summed E-state index contributed by atoms with van der Waals surface area (Å²) in [6, 6.07) is 6.22. The number of hydroxylamine groups is 2. The van der Waals surface area contributed by atoms with Crippen molar-refractivity contribution in [1.82, 2.24) is 5.06 Å². The zero-order valence-electron chi connectivity index (χ0n) is 14.3. The van der Waals surface area contributed by atoms with Gasteiger partial charge in [-0.2, -0.15) is 0 Å². The number of rotatable bonds is 3. The second-order valence-corrected chi connectivity index (χ2v) is 6.59. The standard InChI is InChI=1S/C17H17NO8/c1-17(2)24-10-11(23-16(22-3)12(10)25-17)15(21)26-18-13(19)8-6-4-5-7-9(8)14(18)20/h4-7,10-12,16H,1-3H3/t10-,11?,12-,16-/m0/s1. The minimum Gasteiger partial charge on any atom is -0.353 e. The number of carbonyl (C=O) groups is 3. The van der Waals surface area contributed by atoms with Gasteiger partial charge in [-0.25, -0.2) is 4.79 Å². The van der Waals surface area contributed by atoms with Gasteiger partial charge in [0.2, 0.25) is 0 Å². The van der Waals surface area contributed by atoms with Crippen molar-refractivity contribution in [2.24, 2.45) is 0 Å². The molecule has 9 heteroatoms. The maximum atomic E-state index is 12.6. The number of ether oxygens (including phenoxy) is 4. The summed E-state index contributed by atoms with van der Waals surface area (Å²) in [6.07, 6.45) is -3.44. The van der Waals surface area contributed by atoms with E-state index in [9.17, 15) is 14.4 Å². The zero-order chi connectivity index (χ0) is 18.6.